The number of rotatable bonds is 7. The topological polar surface area (TPSA) is 38.3 Å². The molecule has 0 heterocycles. The number of carbonyl (C=O) groups is 1. The molecule has 1 N–H and O–H groups in total. The Bertz CT molecular complexity index is 411. The number of ether oxygens (including phenoxy) is 1. The van der Waals surface area contributed by atoms with Gasteiger partial charge in [-0.25, -0.2) is 0 Å². The molecule has 1 aromatic carbocycles. The number of hydrogen-bond acceptors (Lipinski definition) is 2. The summed E-state index contributed by atoms with van der Waals surface area (Å²) in [5.41, 5.74) is 2.36. The van der Waals surface area contributed by atoms with Crippen molar-refractivity contribution in [3.63, 3.8) is 0 Å². The van der Waals surface area contributed by atoms with Crippen LogP contribution in [0.25, 0.3) is 0 Å². The largest absolute Gasteiger partial charge is 0.491 e. The highest BCUT2D eigenvalue weighted by Crippen LogP contribution is 2.18. The van der Waals surface area contributed by atoms with Crippen molar-refractivity contribution in [1.82, 2.24) is 5.32 Å². The van der Waals surface area contributed by atoms with Crippen LogP contribution >= 0.6 is 0 Å². The summed E-state index contributed by atoms with van der Waals surface area (Å²) in [6.45, 7) is 9.25. The zero-order valence-corrected chi connectivity index (χ0v) is 12.5. The van der Waals surface area contributed by atoms with E-state index in [-0.39, 0.29) is 11.8 Å². The first-order valence-electron chi connectivity index (χ1n) is 7.06. The van der Waals surface area contributed by atoms with Crippen LogP contribution in [0.15, 0.2) is 18.2 Å². The molecular formula is C16H25NO2. The minimum atomic E-state index is 0.126. The Labute approximate surface area is 116 Å². The van der Waals surface area contributed by atoms with Gasteiger partial charge in [0, 0.05) is 5.92 Å². The Balaban J connectivity index is 2.33. The third-order valence-corrected chi connectivity index (χ3v) is 3.35. The van der Waals surface area contributed by atoms with E-state index in [4.69, 9.17) is 4.74 Å². The molecule has 0 saturated heterocycles. The summed E-state index contributed by atoms with van der Waals surface area (Å²) in [7, 11) is 0. The number of hydrogen-bond donors (Lipinski definition) is 1. The molecule has 19 heavy (non-hydrogen) atoms. The van der Waals surface area contributed by atoms with Crippen LogP contribution in [0.5, 0.6) is 5.75 Å². The molecule has 0 aliphatic rings. The van der Waals surface area contributed by atoms with Gasteiger partial charge in [-0.1, -0.05) is 31.5 Å². The monoisotopic (exact) mass is 263 g/mol. The van der Waals surface area contributed by atoms with Crippen LogP contribution in [-0.4, -0.2) is 19.1 Å². The molecule has 0 bridgehead atoms. The van der Waals surface area contributed by atoms with E-state index in [0.29, 0.717) is 13.2 Å². The molecular weight excluding hydrogens is 238 g/mol. The molecule has 1 amide bonds. The molecule has 1 aromatic rings. The highest BCUT2D eigenvalue weighted by molar-refractivity contribution is 5.78. The van der Waals surface area contributed by atoms with Crippen LogP contribution in [0.1, 0.15) is 37.8 Å². The van der Waals surface area contributed by atoms with Gasteiger partial charge in [-0.3, -0.25) is 4.79 Å². The molecule has 106 valence electrons. The van der Waals surface area contributed by atoms with Crippen molar-refractivity contribution in [2.75, 3.05) is 13.2 Å². The van der Waals surface area contributed by atoms with Crippen molar-refractivity contribution in [3.8, 4) is 5.75 Å². The number of carbonyl (C=O) groups excluding carboxylic acids is 1. The molecule has 0 atom stereocenters. The van der Waals surface area contributed by atoms with E-state index in [9.17, 15) is 4.79 Å². The number of benzene rings is 1. The molecule has 0 fully saturated rings. The second-order valence-corrected chi connectivity index (χ2v) is 4.92. The van der Waals surface area contributed by atoms with Gasteiger partial charge in [0.25, 0.3) is 0 Å². The minimum Gasteiger partial charge on any atom is -0.491 e. The maximum absolute atomic E-state index is 11.8. The fourth-order valence-electron chi connectivity index (χ4n) is 2.10. The Kier molecular flexibility index (Phi) is 6.40. The molecule has 0 spiro atoms. The first kappa shape index (κ1) is 15.5. The molecule has 1 rings (SSSR count). The van der Waals surface area contributed by atoms with Crippen LogP contribution in [0, 0.1) is 19.8 Å². The van der Waals surface area contributed by atoms with Crippen LogP contribution in [0.2, 0.25) is 0 Å². The standard InChI is InChI=1S/C16H25NO2/c1-5-14(6-2)16(18)17-9-10-19-15-8-7-12(3)11-13(15)4/h7-8,11,14H,5-6,9-10H2,1-4H3,(H,17,18). The zero-order chi connectivity index (χ0) is 14.3. The summed E-state index contributed by atoms with van der Waals surface area (Å²) in [6, 6.07) is 6.11. The first-order valence-corrected chi connectivity index (χ1v) is 7.06. The van der Waals surface area contributed by atoms with E-state index in [1.54, 1.807) is 0 Å². The van der Waals surface area contributed by atoms with E-state index < -0.39 is 0 Å². The van der Waals surface area contributed by atoms with Crippen molar-refractivity contribution in [2.24, 2.45) is 5.92 Å². The lowest BCUT2D eigenvalue weighted by molar-refractivity contribution is -0.125. The van der Waals surface area contributed by atoms with E-state index in [1.165, 1.54) is 5.56 Å². The Morgan fingerprint density at radius 1 is 1.26 bits per heavy atom. The van der Waals surface area contributed by atoms with Gasteiger partial charge >= 0.3 is 0 Å². The lowest BCUT2D eigenvalue weighted by atomic mass is 10.0. The molecule has 0 saturated carbocycles. The van der Waals surface area contributed by atoms with Crippen molar-refractivity contribution in [1.29, 1.82) is 0 Å². The van der Waals surface area contributed by atoms with Gasteiger partial charge in [-0.05, 0) is 38.3 Å². The fraction of sp³-hybridized carbons (Fsp3) is 0.562. The maximum Gasteiger partial charge on any atom is 0.223 e. The highest BCUT2D eigenvalue weighted by Gasteiger charge is 2.12. The Morgan fingerprint density at radius 3 is 2.53 bits per heavy atom. The van der Waals surface area contributed by atoms with Crippen molar-refractivity contribution < 1.29 is 9.53 Å². The third kappa shape index (κ3) is 4.93. The predicted octanol–water partition coefficient (Wildman–Crippen LogP) is 3.23. The Morgan fingerprint density at radius 2 is 1.95 bits per heavy atom. The number of nitrogens with one attached hydrogen (secondary N) is 1. The summed E-state index contributed by atoms with van der Waals surface area (Å²) in [6.07, 6.45) is 1.78. The van der Waals surface area contributed by atoms with Crippen LogP contribution in [0.4, 0.5) is 0 Å². The van der Waals surface area contributed by atoms with Crippen molar-refractivity contribution in [2.45, 2.75) is 40.5 Å². The second-order valence-electron chi connectivity index (χ2n) is 4.92. The molecule has 0 radical (unpaired) electrons. The molecule has 3 nitrogen and oxygen atoms in total. The third-order valence-electron chi connectivity index (χ3n) is 3.35. The quantitative estimate of drug-likeness (QED) is 0.767. The first-order chi connectivity index (χ1) is 9.08. The average Bonchev–Trinajstić information content (AvgIpc) is 2.38. The van der Waals surface area contributed by atoms with E-state index in [2.05, 4.69) is 18.3 Å². The van der Waals surface area contributed by atoms with Gasteiger partial charge in [0.05, 0.1) is 6.54 Å². The minimum absolute atomic E-state index is 0.126. The maximum atomic E-state index is 11.8. The lowest BCUT2D eigenvalue weighted by Gasteiger charge is -2.14. The summed E-state index contributed by atoms with van der Waals surface area (Å²) in [4.78, 5) is 11.8. The smallest absolute Gasteiger partial charge is 0.223 e. The van der Waals surface area contributed by atoms with Gasteiger partial charge in [0.2, 0.25) is 5.91 Å². The Hall–Kier alpha value is -1.51. The van der Waals surface area contributed by atoms with E-state index >= 15 is 0 Å². The molecule has 0 aromatic heterocycles. The molecule has 3 heteroatoms. The van der Waals surface area contributed by atoms with E-state index in [0.717, 1.165) is 24.2 Å². The predicted molar refractivity (Wildman–Crippen MR) is 78.5 cm³/mol. The highest BCUT2D eigenvalue weighted by atomic mass is 16.5. The van der Waals surface area contributed by atoms with Crippen LogP contribution < -0.4 is 10.1 Å². The molecule has 0 unspecified atom stereocenters. The van der Waals surface area contributed by atoms with Crippen LogP contribution in [-0.2, 0) is 4.79 Å². The molecule has 0 aliphatic carbocycles. The van der Waals surface area contributed by atoms with Gasteiger partial charge in [0.15, 0.2) is 0 Å². The fourth-order valence-corrected chi connectivity index (χ4v) is 2.10. The molecule has 0 aliphatic heterocycles. The van der Waals surface area contributed by atoms with Gasteiger partial charge in [-0.2, -0.15) is 0 Å². The normalized spacial score (nSPS) is 10.6. The number of amides is 1. The number of aryl methyl sites for hydroxylation is 2. The lowest BCUT2D eigenvalue weighted by Crippen LogP contribution is -2.33. The second kappa shape index (κ2) is 7.82. The summed E-state index contributed by atoms with van der Waals surface area (Å²) < 4.78 is 5.67. The van der Waals surface area contributed by atoms with Gasteiger partial charge in [0.1, 0.15) is 12.4 Å². The SMILES string of the molecule is CCC(CC)C(=O)NCCOc1ccc(C)cc1C. The van der Waals surface area contributed by atoms with Gasteiger partial charge in [-0.15, -0.1) is 0 Å². The summed E-state index contributed by atoms with van der Waals surface area (Å²) in [5.74, 6) is 1.15. The van der Waals surface area contributed by atoms with Crippen molar-refractivity contribution >= 4 is 5.91 Å². The summed E-state index contributed by atoms with van der Waals surface area (Å²) >= 11 is 0. The van der Waals surface area contributed by atoms with Gasteiger partial charge < -0.3 is 10.1 Å². The van der Waals surface area contributed by atoms with Crippen molar-refractivity contribution in [3.05, 3.63) is 29.3 Å². The van der Waals surface area contributed by atoms with E-state index in [1.807, 2.05) is 32.9 Å². The zero-order valence-electron chi connectivity index (χ0n) is 12.5. The van der Waals surface area contributed by atoms with Crippen LogP contribution in [0.3, 0.4) is 0 Å². The summed E-state index contributed by atoms with van der Waals surface area (Å²) in [5, 5.41) is 2.92. The average molecular weight is 263 g/mol.